The zero-order chi connectivity index (χ0) is 18.2. The van der Waals surface area contributed by atoms with Crippen molar-refractivity contribution in [3.8, 4) is 10.6 Å². The number of carbonyl (C=O) groups excluding carboxylic acids is 2. The van der Waals surface area contributed by atoms with Crippen LogP contribution in [-0.2, 0) is 0 Å². The van der Waals surface area contributed by atoms with Gasteiger partial charge in [0.2, 0.25) is 0 Å². The monoisotopic (exact) mass is 372 g/mol. The lowest BCUT2D eigenvalue weighted by Crippen LogP contribution is -2.45. The molecule has 0 atom stereocenters. The first kappa shape index (κ1) is 18.4. The largest absolute Gasteiger partial charge is 0.349 e. The minimum Gasteiger partial charge on any atom is -0.349 e. The first-order chi connectivity index (χ1) is 12.7. The van der Waals surface area contributed by atoms with Gasteiger partial charge in [-0.05, 0) is 36.4 Å². The summed E-state index contributed by atoms with van der Waals surface area (Å²) >= 11 is 1.59. The van der Waals surface area contributed by atoms with Crippen LogP contribution in [0.2, 0.25) is 0 Å². The van der Waals surface area contributed by atoms with Crippen molar-refractivity contribution in [1.29, 1.82) is 0 Å². The second-order valence-corrected chi connectivity index (χ2v) is 7.32. The highest BCUT2D eigenvalue weighted by Crippen LogP contribution is 2.22. The maximum Gasteiger partial charge on any atom is 0.315 e. The molecule has 138 valence electrons. The lowest BCUT2D eigenvalue weighted by Gasteiger charge is -2.22. The molecular weight excluding hydrogens is 348 g/mol. The van der Waals surface area contributed by atoms with Crippen molar-refractivity contribution in [2.24, 2.45) is 0 Å². The van der Waals surface area contributed by atoms with E-state index in [-0.39, 0.29) is 18.0 Å². The standard InChI is InChI=1S/C19H24N4O2S/c24-18(16-9-4-8-15(23-16)17-10-5-13-26-17)20-11-12-21-19(25)22-14-6-2-1-3-7-14/h4-5,8-10,13-14H,1-3,6-7,11-12H2,(H,20,24)(H2,21,22,25). The van der Waals surface area contributed by atoms with Gasteiger partial charge in [-0.25, -0.2) is 9.78 Å². The zero-order valence-corrected chi connectivity index (χ0v) is 15.5. The lowest BCUT2D eigenvalue weighted by molar-refractivity contribution is 0.0949. The molecule has 1 fully saturated rings. The molecule has 6 nitrogen and oxygen atoms in total. The van der Waals surface area contributed by atoms with Crippen LogP contribution in [0.4, 0.5) is 4.79 Å². The summed E-state index contributed by atoms with van der Waals surface area (Å²) in [5.74, 6) is -0.238. The van der Waals surface area contributed by atoms with Gasteiger partial charge in [0.05, 0.1) is 10.6 Å². The smallest absolute Gasteiger partial charge is 0.315 e. The van der Waals surface area contributed by atoms with Gasteiger partial charge < -0.3 is 16.0 Å². The maximum absolute atomic E-state index is 12.2. The number of nitrogens with one attached hydrogen (secondary N) is 3. The lowest BCUT2D eigenvalue weighted by atomic mass is 9.96. The van der Waals surface area contributed by atoms with Gasteiger partial charge in [0.15, 0.2) is 0 Å². The minimum absolute atomic E-state index is 0.163. The average molecular weight is 372 g/mol. The Labute approximate surface area is 157 Å². The number of urea groups is 1. The van der Waals surface area contributed by atoms with Crippen molar-refractivity contribution in [2.45, 2.75) is 38.1 Å². The van der Waals surface area contributed by atoms with Crippen molar-refractivity contribution >= 4 is 23.3 Å². The number of hydrogen-bond donors (Lipinski definition) is 3. The number of amides is 3. The topological polar surface area (TPSA) is 83.1 Å². The summed E-state index contributed by atoms with van der Waals surface area (Å²) in [5, 5.41) is 10.5. The molecule has 0 radical (unpaired) electrons. The van der Waals surface area contributed by atoms with Gasteiger partial charge in [-0.2, -0.15) is 0 Å². The SMILES string of the molecule is O=C(NCCNC(=O)c1cccc(-c2cccs2)n1)NC1CCCCC1. The van der Waals surface area contributed by atoms with Crippen LogP contribution in [-0.4, -0.2) is 36.1 Å². The second kappa shape index (κ2) is 9.33. The Morgan fingerprint density at radius 2 is 1.85 bits per heavy atom. The number of thiophene rings is 1. The molecule has 0 saturated heterocycles. The van der Waals surface area contributed by atoms with Crippen LogP contribution in [0.1, 0.15) is 42.6 Å². The van der Waals surface area contributed by atoms with Crippen molar-refractivity contribution in [2.75, 3.05) is 13.1 Å². The van der Waals surface area contributed by atoms with Gasteiger partial charge in [0.1, 0.15) is 5.69 Å². The molecule has 7 heteroatoms. The van der Waals surface area contributed by atoms with Gasteiger partial charge in [0, 0.05) is 19.1 Å². The normalized spacial score (nSPS) is 14.6. The first-order valence-corrected chi connectivity index (χ1v) is 9.94. The van der Waals surface area contributed by atoms with Gasteiger partial charge in [-0.1, -0.05) is 31.4 Å². The Balaban J connectivity index is 1.40. The van der Waals surface area contributed by atoms with E-state index in [1.807, 2.05) is 29.6 Å². The average Bonchev–Trinajstić information content (AvgIpc) is 3.21. The summed E-state index contributed by atoms with van der Waals surface area (Å²) in [6, 6.07) is 9.45. The molecule has 3 N–H and O–H groups in total. The van der Waals surface area contributed by atoms with Gasteiger partial charge in [-0.15, -0.1) is 11.3 Å². The molecule has 1 aliphatic carbocycles. The predicted molar refractivity (Wildman–Crippen MR) is 103 cm³/mol. The fraction of sp³-hybridized carbons (Fsp3) is 0.421. The molecular formula is C19H24N4O2S. The van der Waals surface area contributed by atoms with Crippen molar-refractivity contribution in [3.05, 3.63) is 41.4 Å². The van der Waals surface area contributed by atoms with Crippen LogP contribution in [0.25, 0.3) is 10.6 Å². The molecule has 1 saturated carbocycles. The molecule has 0 aliphatic heterocycles. The molecule has 3 amide bonds. The summed E-state index contributed by atoms with van der Waals surface area (Å²) in [5.41, 5.74) is 1.17. The van der Waals surface area contributed by atoms with E-state index < -0.39 is 0 Å². The quantitative estimate of drug-likeness (QED) is 0.681. The predicted octanol–water partition coefficient (Wildman–Crippen LogP) is 3.17. The molecule has 2 aromatic heterocycles. The fourth-order valence-electron chi connectivity index (χ4n) is 3.05. The Kier molecular flexibility index (Phi) is 6.60. The third kappa shape index (κ3) is 5.29. The molecule has 0 aromatic carbocycles. The van der Waals surface area contributed by atoms with Crippen LogP contribution in [0, 0.1) is 0 Å². The van der Waals surface area contributed by atoms with Gasteiger partial charge >= 0.3 is 6.03 Å². The van der Waals surface area contributed by atoms with Gasteiger partial charge in [-0.3, -0.25) is 4.79 Å². The first-order valence-electron chi connectivity index (χ1n) is 9.06. The minimum atomic E-state index is -0.238. The van der Waals surface area contributed by atoms with Crippen LogP contribution in [0.5, 0.6) is 0 Å². The number of hydrogen-bond acceptors (Lipinski definition) is 4. The van der Waals surface area contributed by atoms with E-state index in [1.165, 1.54) is 19.3 Å². The number of carbonyl (C=O) groups is 2. The van der Waals surface area contributed by atoms with Crippen molar-refractivity contribution in [1.82, 2.24) is 20.9 Å². The van der Waals surface area contributed by atoms with Crippen LogP contribution >= 0.6 is 11.3 Å². The van der Waals surface area contributed by atoms with E-state index in [1.54, 1.807) is 17.4 Å². The number of pyridine rings is 1. The summed E-state index contributed by atoms with van der Waals surface area (Å²) in [6.07, 6.45) is 5.72. The summed E-state index contributed by atoms with van der Waals surface area (Å²) in [6.45, 7) is 0.747. The van der Waals surface area contributed by atoms with E-state index in [4.69, 9.17) is 0 Å². The van der Waals surface area contributed by atoms with E-state index in [0.717, 1.165) is 23.4 Å². The fourth-order valence-corrected chi connectivity index (χ4v) is 3.74. The van der Waals surface area contributed by atoms with E-state index >= 15 is 0 Å². The van der Waals surface area contributed by atoms with Crippen LogP contribution in [0.15, 0.2) is 35.7 Å². The van der Waals surface area contributed by atoms with Gasteiger partial charge in [0.25, 0.3) is 5.91 Å². The highest BCUT2D eigenvalue weighted by molar-refractivity contribution is 7.13. The molecule has 26 heavy (non-hydrogen) atoms. The summed E-state index contributed by atoms with van der Waals surface area (Å²) < 4.78 is 0. The van der Waals surface area contributed by atoms with Crippen molar-refractivity contribution in [3.63, 3.8) is 0 Å². The van der Waals surface area contributed by atoms with Crippen LogP contribution < -0.4 is 16.0 Å². The molecule has 0 spiro atoms. The number of aromatic nitrogens is 1. The van der Waals surface area contributed by atoms with E-state index in [2.05, 4.69) is 20.9 Å². The Morgan fingerprint density at radius 1 is 1.04 bits per heavy atom. The molecule has 0 bridgehead atoms. The van der Waals surface area contributed by atoms with E-state index in [9.17, 15) is 9.59 Å². The molecule has 2 heterocycles. The molecule has 3 rings (SSSR count). The zero-order valence-electron chi connectivity index (χ0n) is 14.7. The van der Waals surface area contributed by atoms with Crippen molar-refractivity contribution < 1.29 is 9.59 Å². The molecule has 2 aromatic rings. The molecule has 1 aliphatic rings. The molecule has 0 unspecified atom stereocenters. The third-order valence-electron chi connectivity index (χ3n) is 4.39. The highest BCUT2D eigenvalue weighted by atomic mass is 32.1. The Morgan fingerprint density at radius 3 is 2.62 bits per heavy atom. The third-order valence-corrected chi connectivity index (χ3v) is 5.28. The Hall–Kier alpha value is -2.41. The van der Waals surface area contributed by atoms with Crippen LogP contribution in [0.3, 0.4) is 0 Å². The summed E-state index contributed by atoms with van der Waals surface area (Å²) in [7, 11) is 0. The Bertz CT molecular complexity index is 727. The maximum atomic E-state index is 12.2. The number of nitrogens with zero attached hydrogens (tertiary/aromatic N) is 1. The summed E-state index contributed by atoms with van der Waals surface area (Å²) in [4.78, 5) is 29.5. The second-order valence-electron chi connectivity index (χ2n) is 6.38. The highest BCUT2D eigenvalue weighted by Gasteiger charge is 2.15. The number of rotatable bonds is 6. The van der Waals surface area contributed by atoms with E-state index in [0.29, 0.717) is 18.8 Å².